The second-order valence-electron chi connectivity index (χ2n) is 8.85. The van der Waals surface area contributed by atoms with E-state index in [0.29, 0.717) is 22.7 Å². The minimum Gasteiger partial charge on any atom is -0.493 e. The Morgan fingerprint density at radius 1 is 1.06 bits per heavy atom. The second-order valence-corrected chi connectivity index (χ2v) is 8.85. The molecule has 0 radical (unpaired) electrons. The van der Waals surface area contributed by atoms with Crippen LogP contribution in [0.3, 0.4) is 0 Å². The maximum absolute atomic E-state index is 12.8. The van der Waals surface area contributed by atoms with Gasteiger partial charge in [0, 0.05) is 5.69 Å². The Bertz CT molecular complexity index is 1170. The van der Waals surface area contributed by atoms with E-state index in [0.717, 1.165) is 17.0 Å². The summed E-state index contributed by atoms with van der Waals surface area (Å²) in [5.41, 5.74) is 2.43. The van der Waals surface area contributed by atoms with Crippen LogP contribution in [0.5, 0.6) is 11.5 Å². The van der Waals surface area contributed by atoms with Crippen molar-refractivity contribution in [2.75, 3.05) is 19.0 Å². The molecule has 5 rings (SSSR count). The van der Waals surface area contributed by atoms with Crippen LogP contribution in [0.25, 0.3) is 0 Å². The molecular formula is C26H25N3O5. The summed E-state index contributed by atoms with van der Waals surface area (Å²) in [7, 11) is 1.49. The van der Waals surface area contributed by atoms with Crippen molar-refractivity contribution in [1.82, 2.24) is 5.01 Å². The standard InChI is InChI=1S/C26H25N3O5/c1-15-3-8-19(9-4-15)28-22(30)14-34-20-10-5-16(11-21(20)33-2)13-27-29-25(31)23-17-6-7-18(12-17)24(23)26(29)32/h3-11,13,17-18,23-24H,12,14H2,1-2H3,(H,28,30)/t17-,18-,23-,24+/m0/s1. The molecule has 4 atom stereocenters. The van der Waals surface area contributed by atoms with E-state index in [4.69, 9.17) is 9.47 Å². The van der Waals surface area contributed by atoms with Gasteiger partial charge in [-0.2, -0.15) is 10.1 Å². The smallest absolute Gasteiger partial charge is 0.262 e. The van der Waals surface area contributed by atoms with Crippen molar-refractivity contribution in [3.63, 3.8) is 0 Å². The van der Waals surface area contributed by atoms with E-state index in [9.17, 15) is 14.4 Å². The van der Waals surface area contributed by atoms with Crippen LogP contribution in [0.2, 0.25) is 0 Å². The molecule has 2 aromatic carbocycles. The highest BCUT2D eigenvalue weighted by Gasteiger charge is 2.59. The zero-order valence-corrected chi connectivity index (χ0v) is 18.9. The monoisotopic (exact) mass is 459 g/mol. The maximum Gasteiger partial charge on any atom is 0.262 e. The Hall–Kier alpha value is -3.94. The van der Waals surface area contributed by atoms with Crippen LogP contribution in [0, 0.1) is 30.6 Å². The van der Waals surface area contributed by atoms with Gasteiger partial charge >= 0.3 is 0 Å². The first-order valence-electron chi connectivity index (χ1n) is 11.2. The summed E-state index contributed by atoms with van der Waals surface area (Å²) in [5, 5.41) is 7.97. The molecular weight excluding hydrogens is 434 g/mol. The quantitative estimate of drug-likeness (QED) is 0.390. The number of rotatable bonds is 7. The molecule has 8 heteroatoms. The third-order valence-corrected chi connectivity index (χ3v) is 6.65. The molecule has 34 heavy (non-hydrogen) atoms. The summed E-state index contributed by atoms with van der Waals surface area (Å²) in [4.78, 5) is 37.7. The lowest BCUT2D eigenvalue weighted by Crippen LogP contribution is -2.28. The van der Waals surface area contributed by atoms with Crippen molar-refractivity contribution >= 4 is 29.6 Å². The lowest BCUT2D eigenvalue weighted by Gasteiger charge is -2.13. The van der Waals surface area contributed by atoms with Crippen LogP contribution in [0.4, 0.5) is 5.69 Å². The van der Waals surface area contributed by atoms with Crippen LogP contribution in [0.1, 0.15) is 17.5 Å². The lowest BCUT2D eigenvalue weighted by atomic mass is 9.85. The molecule has 0 unspecified atom stereocenters. The molecule has 1 heterocycles. The van der Waals surface area contributed by atoms with Gasteiger partial charge in [-0.05, 0) is 61.1 Å². The van der Waals surface area contributed by atoms with Gasteiger partial charge < -0.3 is 14.8 Å². The van der Waals surface area contributed by atoms with Gasteiger partial charge in [0.25, 0.3) is 17.7 Å². The minimum absolute atomic E-state index is 0.145. The number of carbonyl (C=O) groups excluding carboxylic acids is 3. The number of hydrogen-bond acceptors (Lipinski definition) is 6. The molecule has 2 bridgehead atoms. The summed E-state index contributed by atoms with van der Waals surface area (Å²) in [6.07, 6.45) is 6.44. The number of amides is 3. The van der Waals surface area contributed by atoms with Crippen LogP contribution < -0.4 is 14.8 Å². The highest BCUT2D eigenvalue weighted by atomic mass is 16.5. The highest BCUT2D eigenvalue weighted by molar-refractivity contribution is 6.06. The second kappa shape index (κ2) is 8.78. The first kappa shape index (κ1) is 21.9. The van der Waals surface area contributed by atoms with Crippen LogP contribution in [-0.2, 0) is 14.4 Å². The van der Waals surface area contributed by atoms with Gasteiger partial charge in [-0.1, -0.05) is 29.8 Å². The van der Waals surface area contributed by atoms with Crippen molar-refractivity contribution in [3.8, 4) is 11.5 Å². The summed E-state index contributed by atoms with van der Waals surface area (Å²) in [6.45, 7) is 1.79. The van der Waals surface area contributed by atoms with Gasteiger partial charge in [0.05, 0.1) is 25.2 Å². The molecule has 2 aromatic rings. The van der Waals surface area contributed by atoms with Gasteiger partial charge in [-0.3, -0.25) is 14.4 Å². The van der Waals surface area contributed by atoms with E-state index in [1.165, 1.54) is 13.3 Å². The van der Waals surface area contributed by atoms with Crippen LogP contribution >= 0.6 is 0 Å². The van der Waals surface area contributed by atoms with E-state index in [-0.39, 0.29) is 48.0 Å². The number of aryl methyl sites for hydroxylation is 1. The highest BCUT2D eigenvalue weighted by Crippen LogP contribution is 2.52. The van der Waals surface area contributed by atoms with Crippen LogP contribution in [0.15, 0.2) is 59.7 Å². The number of fused-ring (bicyclic) bond motifs is 5. The SMILES string of the molecule is COc1cc(C=NN2C(=O)[C@@H]3[C@H](C2=O)[C@H]2C=C[C@H]3C2)ccc1OCC(=O)Nc1ccc(C)cc1. The number of ether oxygens (including phenoxy) is 2. The third-order valence-electron chi connectivity index (χ3n) is 6.65. The molecule has 1 saturated heterocycles. The number of carbonyl (C=O) groups is 3. The third kappa shape index (κ3) is 3.96. The average Bonchev–Trinajstić information content (AvgIpc) is 3.52. The Balaban J connectivity index is 1.22. The summed E-state index contributed by atoms with van der Waals surface area (Å²) in [5.74, 6) is -0.222. The zero-order chi connectivity index (χ0) is 23.8. The fraction of sp³-hybridized carbons (Fsp3) is 0.308. The van der Waals surface area contributed by atoms with Gasteiger partial charge in [0.2, 0.25) is 0 Å². The molecule has 8 nitrogen and oxygen atoms in total. The molecule has 3 aliphatic rings. The number of nitrogens with zero attached hydrogens (tertiary/aromatic N) is 2. The van der Waals surface area contributed by atoms with Crippen LogP contribution in [-0.4, -0.2) is 42.7 Å². The molecule has 174 valence electrons. The number of methoxy groups -OCH3 is 1. The number of allylic oxidation sites excluding steroid dienone is 2. The van der Waals surface area contributed by atoms with Gasteiger partial charge in [-0.15, -0.1) is 0 Å². The predicted molar refractivity (Wildman–Crippen MR) is 125 cm³/mol. The zero-order valence-electron chi connectivity index (χ0n) is 18.9. The topological polar surface area (TPSA) is 97.3 Å². The lowest BCUT2D eigenvalue weighted by molar-refractivity contribution is -0.140. The van der Waals surface area contributed by atoms with E-state index < -0.39 is 0 Å². The number of benzene rings is 2. The van der Waals surface area contributed by atoms with E-state index in [1.807, 2.05) is 31.2 Å². The van der Waals surface area contributed by atoms with E-state index in [2.05, 4.69) is 22.6 Å². The Morgan fingerprint density at radius 2 is 1.74 bits per heavy atom. The number of hydrazone groups is 1. The number of hydrogen-bond donors (Lipinski definition) is 1. The Kier molecular flexibility index (Phi) is 5.65. The van der Waals surface area contributed by atoms with Crippen molar-refractivity contribution in [2.24, 2.45) is 28.8 Å². The molecule has 3 amide bonds. The first-order chi connectivity index (χ1) is 16.4. The Labute approximate surface area is 197 Å². The normalized spacial score (nSPS) is 24.7. The predicted octanol–water partition coefficient (Wildman–Crippen LogP) is 3.16. The number of imide groups is 1. The first-order valence-corrected chi connectivity index (χ1v) is 11.2. The molecule has 0 spiro atoms. The number of anilines is 1. The molecule has 2 aliphatic carbocycles. The average molecular weight is 460 g/mol. The summed E-state index contributed by atoms with van der Waals surface area (Å²) < 4.78 is 11.0. The van der Waals surface area contributed by atoms with Crippen molar-refractivity contribution in [1.29, 1.82) is 0 Å². The summed E-state index contributed by atoms with van der Waals surface area (Å²) in [6, 6.07) is 12.5. The fourth-order valence-corrected chi connectivity index (χ4v) is 4.99. The van der Waals surface area contributed by atoms with Crippen molar-refractivity contribution in [3.05, 3.63) is 65.7 Å². The maximum atomic E-state index is 12.8. The van der Waals surface area contributed by atoms with E-state index in [1.54, 1.807) is 18.2 Å². The number of nitrogens with one attached hydrogen (secondary N) is 1. The Morgan fingerprint density at radius 3 is 2.38 bits per heavy atom. The largest absolute Gasteiger partial charge is 0.493 e. The van der Waals surface area contributed by atoms with Gasteiger partial charge in [0.1, 0.15) is 0 Å². The fourth-order valence-electron chi connectivity index (χ4n) is 4.99. The van der Waals surface area contributed by atoms with E-state index >= 15 is 0 Å². The van der Waals surface area contributed by atoms with Crippen molar-refractivity contribution < 1.29 is 23.9 Å². The van der Waals surface area contributed by atoms with Crippen molar-refractivity contribution in [2.45, 2.75) is 13.3 Å². The molecule has 1 saturated carbocycles. The van der Waals surface area contributed by atoms with Gasteiger partial charge in [-0.25, -0.2) is 0 Å². The molecule has 1 N–H and O–H groups in total. The summed E-state index contributed by atoms with van der Waals surface area (Å²) >= 11 is 0. The molecule has 2 fully saturated rings. The molecule has 1 aliphatic heterocycles. The van der Waals surface area contributed by atoms with Gasteiger partial charge in [0.15, 0.2) is 18.1 Å². The molecule has 0 aromatic heterocycles. The minimum atomic E-state index is -0.295.